The van der Waals surface area contributed by atoms with Crippen molar-refractivity contribution in [3.8, 4) is 0 Å². The van der Waals surface area contributed by atoms with Crippen LogP contribution in [0, 0.1) is 6.92 Å². The van der Waals surface area contributed by atoms with E-state index in [4.69, 9.17) is 11.6 Å². The molecule has 0 aliphatic carbocycles. The van der Waals surface area contributed by atoms with Gasteiger partial charge in [0.05, 0.1) is 22.5 Å². The minimum Gasteiger partial charge on any atom is -0.354 e. The summed E-state index contributed by atoms with van der Waals surface area (Å²) in [5.74, 6) is -1.23. The summed E-state index contributed by atoms with van der Waals surface area (Å²) in [5, 5.41) is 2.54. The highest BCUT2D eigenvalue weighted by Crippen LogP contribution is 2.36. The fourth-order valence-electron chi connectivity index (χ4n) is 4.40. The Morgan fingerprint density at radius 1 is 0.976 bits per heavy atom. The summed E-state index contributed by atoms with van der Waals surface area (Å²) in [6.07, 6.45) is -3.23. The Morgan fingerprint density at radius 3 is 2.24 bits per heavy atom. The maximum Gasteiger partial charge on any atom is 0.416 e. The second-order valence-corrected chi connectivity index (χ2v) is 12.3. The summed E-state index contributed by atoms with van der Waals surface area (Å²) < 4.78 is 66.8. The van der Waals surface area contributed by atoms with Gasteiger partial charge >= 0.3 is 6.18 Å². The zero-order chi connectivity index (χ0) is 31.1. The first-order valence-corrected chi connectivity index (χ1v) is 15.4. The Balaban J connectivity index is 2.10. The lowest BCUT2D eigenvalue weighted by Gasteiger charge is -2.33. The van der Waals surface area contributed by atoms with E-state index in [9.17, 15) is 31.2 Å². The van der Waals surface area contributed by atoms with Crippen molar-refractivity contribution in [2.45, 2.75) is 45.5 Å². The van der Waals surface area contributed by atoms with Gasteiger partial charge in [-0.15, -0.1) is 0 Å². The van der Waals surface area contributed by atoms with E-state index in [1.54, 1.807) is 36.4 Å². The van der Waals surface area contributed by atoms with Gasteiger partial charge in [-0.3, -0.25) is 13.9 Å². The number of benzene rings is 3. The predicted molar refractivity (Wildman–Crippen MR) is 158 cm³/mol. The molecule has 0 aromatic heterocycles. The number of nitrogens with one attached hydrogen (secondary N) is 1. The van der Waals surface area contributed by atoms with E-state index in [0.717, 1.165) is 29.5 Å². The average molecular weight is 624 g/mol. The van der Waals surface area contributed by atoms with E-state index in [1.165, 1.54) is 4.90 Å². The van der Waals surface area contributed by atoms with Crippen LogP contribution in [0.4, 0.5) is 18.9 Å². The molecule has 3 aromatic rings. The maximum absolute atomic E-state index is 14.0. The van der Waals surface area contributed by atoms with Crippen LogP contribution in [0.5, 0.6) is 0 Å². The lowest BCUT2D eigenvalue weighted by Crippen LogP contribution is -2.53. The summed E-state index contributed by atoms with van der Waals surface area (Å²) in [4.78, 5) is 28.8. The molecule has 0 saturated heterocycles. The molecule has 0 fully saturated rings. The van der Waals surface area contributed by atoms with Gasteiger partial charge in [0.25, 0.3) is 0 Å². The number of aryl methyl sites for hydroxylation is 1. The minimum absolute atomic E-state index is 0.0501. The van der Waals surface area contributed by atoms with Gasteiger partial charge in [-0.25, -0.2) is 8.42 Å². The monoisotopic (exact) mass is 623 g/mol. The van der Waals surface area contributed by atoms with Gasteiger partial charge in [0.1, 0.15) is 12.6 Å². The molecule has 0 spiro atoms. The van der Waals surface area contributed by atoms with Crippen LogP contribution in [0.3, 0.4) is 0 Å². The van der Waals surface area contributed by atoms with Crippen LogP contribution in [-0.4, -0.2) is 50.5 Å². The third kappa shape index (κ3) is 8.96. The largest absolute Gasteiger partial charge is 0.416 e. The third-order valence-corrected chi connectivity index (χ3v) is 7.92. The normalized spacial score (nSPS) is 12.5. The first kappa shape index (κ1) is 32.9. The lowest BCUT2D eigenvalue weighted by atomic mass is 10.0. The van der Waals surface area contributed by atoms with Crippen molar-refractivity contribution in [2.75, 3.05) is 23.7 Å². The first-order chi connectivity index (χ1) is 19.7. The molecule has 3 aromatic carbocycles. The summed E-state index contributed by atoms with van der Waals surface area (Å²) >= 11 is 6.17. The molecule has 0 aliphatic heterocycles. The van der Waals surface area contributed by atoms with Crippen molar-refractivity contribution in [3.63, 3.8) is 0 Å². The summed E-state index contributed by atoms with van der Waals surface area (Å²) in [7, 11) is -4.30. The number of nitrogens with zero attached hydrogens (tertiary/aromatic N) is 2. The highest BCUT2D eigenvalue weighted by Gasteiger charge is 2.35. The molecule has 1 N–H and O–H groups in total. The van der Waals surface area contributed by atoms with Crippen LogP contribution in [0.2, 0.25) is 5.02 Å². The van der Waals surface area contributed by atoms with E-state index in [1.807, 2.05) is 32.0 Å². The molecule has 7 nitrogen and oxygen atoms in total. The fourth-order valence-corrected chi connectivity index (χ4v) is 5.53. The zero-order valence-corrected chi connectivity index (χ0v) is 25.1. The molecule has 0 radical (unpaired) electrons. The zero-order valence-electron chi connectivity index (χ0n) is 23.5. The summed E-state index contributed by atoms with van der Waals surface area (Å²) in [5.41, 5.74) is 0.738. The number of carbonyl (C=O) groups is 2. The van der Waals surface area contributed by atoms with Crippen molar-refractivity contribution >= 4 is 39.1 Å². The highest BCUT2D eigenvalue weighted by atomic mass is 35.5. The quantitative estimate of drug-likeness (QED) is 0.285. The molecular weight excluding hydrogens is 591 g/mol. The molecular formula is C30H33ClF3N3O4S. The van der Waals surface area contributed by atoms with Crippen LogP contribution in [0.15, 0.2) is 72.8 Å². The fraction of sp³-hybridized carbons (Fsp3) is 0.333. The van der Waals surface area contributed by atoms with Crippen molar-refractivity contribution in [3.05, 3.63) is 100 Å². The van der Waals surface area contributed by atoms with E-state index in [-0.39, 0.29) is 18.0 Å². The van der Waals surface area contributed by atoms with E-state index in [2.05, 4.69) is 5.32 Å². The van der Waals surface area contributed by atoms with Gasteiger partial charge in [-0.05, 0) is 42.7 Å². The molecule has 0 aliphatic rings. The Kier molecular flexibility index (Phi) is 11.0. The van der Waals surface area contributed by atoms with Gasteiger partial charge in [0, 0.05) is 19.5 Å². The number of alkyl halides is 3. The van der Waals surface area contributed by atoms with Crippen LogP contribution in [0.25, 0.3) is 0 Å². The van der Waals surface area contributed by atoms with E-state index in [0.29, 0.717) is 28.9 Å². The predicted octanol–water partition coefficient (Wildman–Crippen LogP) is 5.60. The second kappa shape index (κ2) is 14.1. The maximum atomic E-state index is 14.0. The molecule has 0 heterocycles. The van der Waals surface area contributed by atoms with Crippen molar-refractivity contribution in [1.82, 2.24) is 10.2 Å². The first-order valence-electron chi connectivity index (χ1n) is 13.2. The van der Waals surface area contributed by atoms with Gasteiger partial charge in [0.15, 0.2) is 0 Å². The smallest absolute Gasteiger partial charge is 0.354 e. The van der Waals surface area contributed by atoms with Gasteiger partial charge in [-0.1, -0.05) is 78.7 Å². The number of hydrogen-bond donors (Lipinski definition) is 1. The summed E-state index contributed by atoms with van der Waals surface area (Å²) in [6.45, 7) is 3.17. The Hall–Kier alpha value is -3.57. The summed E-state index contributed by atoms with van der Waals surface area (Å²) in [6, 6.07) is 17.5. The number of hydrogen-bond acceptors (Lipinski definition) is 4. The molecule has 0 saturated carbocycles. The number of halogens is 4. The third-order valence-electron chi connectivity index (χ3n) is 6.48. The van der Waals surface area contributed by atoms with Crippen molar-refractivity contribution in [2.24, 2.45) is 0 Å². The molecule has 1 unspecified atom stereocenters. The molecule has 0 bridgehead atoms. The van der Waals surface area contributed by atoms with Crippen LogP contribution in [0.1, 0.15) is 35.6 Å². The van der Waals surface area contributed by atoms with Gasteiger partial charge < -0.3 is 10.2 Å². The highest BCUT2D eigenvalue weighted by molar-refractivity contribution is 7.92. The van der Waals surface area contributed by atoms with Crippen LogP contribution < -0.4 is 9.62 Å². The number of sulfonamides is 1. The molecule has 2 amide bonds. The average Bonchev–Trinajstić information content (AvgIpc) is 2.92. The van der Waals surface area contributed by atoms with E-state index < -0.39 is 51.9 Å². The molecule has 42 heavy (non-hydrogen) atoms. The Bertz CT molecular complexity index is 1500. The Morgan fingerprint density at radius 2 is 1.64 bits per heavy atom. The molecule has 3 rings (SSSR count). The molecule has 1 atom stereocenters. The number of rotatable bonds is 12. The molecule has 226 valence electrons. The lowest BCUT2D eigenvalue weighted by molar-refractivity contribution is -0.140. The number of carbonyl (C=O) groups excluding carboxylic acids is 2. The van der Waals surface area contributed by atoms with Crippen molar-refractivity contribution < 1.29 is 31.2 Å². The number of anilines is 1. The topological polar surface area (TPSA) is 86.8 Å². The standard InChI is InChI=1S/C30H33ClF3N3O4S/c1-4-15-35-29(39)27(17-22-10-6-5-7-11-22)36(19-23-12-8-9-21(2)16-23)28(38)20-37(42(3,40)41)26-18-24(30(32,33)34)13-14-25(26)31/h5-14,16,18,27H,4,15,17,19-20H2,1-3H3,(H,35,39). The van der Waals surface area contributed by atoms with Gasteiger partial charge in [-0.2, -0.15) is 13.2 Å². The van der Waals surface area contributed by atoms with Crippen LogP contribution >= 0.6 is 11.6 Å². The molecule has 12 heteroatoms. The van der Waals surface area contributed by atoms with Crippen molar-refractivity contribution in [1.29, 1.82) is 0 Å². The number of amides is 2. The second-order valence-electron chi connectivity index (χ2n) is 9.94. The SMILES string of the molecule is CCCNC(=O)C(Cc1ccccc1)N(Cc1cccc(C)c1)C(=O)CN(c1cc(C(F)(F)F)ccc1Cl)S(C)(=O)=O. The Labute approximate surface area is 249 Å². The van der Waals surface area contributed by atoms with E-state index >= 15 is 0 Å². The van der Waals surface area contributed by atoms with Gasteiger partial charge in [0.2, 0.25) is 21.8 Å². The minimum atomic E-state index is -4.78. The van der Waals surface area contributed by atoms with Crippen LogP contribution in [-0.2, 0) is 38.8 Å².